The molecule has 3 aromatic heterocycles. The van der Waals surface area contributed by atoms with Crippen LogP contribution in [0.4, 0.5) is 5.82 Å². The minimum Gasteiger partial charge on any atom is -0.293 e. The van der Waals surface area contributed by atoms with E-state index in [4.69, 9.17) is 0 Å². The summed E-state index contributed by atoms with van der Waals surface area (Å²) in [6.45, 7) is 4.35. The number of carbonyl (C=O) groups is 1. The Morgan fingerprint density at radius 2 is 2.12 bits per heavy atom. The van der Waals surface area contributed by atoms with Gasteiger partial charge < -0.3 is 0 Å². The highest BCUT2D eigenvalue weighted by molar-refractivity contribution is 6.07. The Labute approximate surface area is 144 Å². The lowest BCUT2D eigenvalue weighted by molar-refractivity contribution is 0.0987. The molecule has 0 atom stereocenters. The van der Waals surface area contributed by atoms with Gasteiger partial charge in [-0.2, -0.15) is 0 Å². The zero-order valence-electron chi connectivity index (χ0n) is 13.9. The number of pyridine rings is 1. The molecule has 0 unspecified atom stereocenters. The highest BCUT2D eigenvalue weighted by Gasteiger charge is 2.18. The van der Waals surface area contributed by atoms with E-state index >= 15 is 0 Å². The molecule has 1 aromatic carbocycles. The lowest BCUT2D eigenvalue weighted by atomic mass is 10.1. The number of aryl methyl sites for hydroxylation is 1. The van der Waals surface area contributed by atoms with Crippen LogP contribution in [-0.4, -0.2) is 37.0 Å². The van der Waals surface area contributed by atoms with Crippen molar-refractivity contribution in [3.63, 3.8) is 0 Å². The Morgan fingerprint density at radius 1 is 1.24 bits per heavy atom. The van der Waals surface area contributed by atoms with Crippen LogP contribution in [0.15, 0.2) is 48.9 Å². The first kappa shape index (κ1) is 15.2. The molecule has 1 amide bonds. The van der Waals surface area contributed by atoms with Gasteiger partial charge in [0.05, 0.1) is 16.7 Å². The third-order valence-corrected chi connectivity index (χ3v) is 4.13. The van der Waals surface area contributed by atoms with Crippen LogP contribution >= 0.6 is 0 Å². The first-order valence-corrected chi connectivity index (χ1v) is 8.02. The molecule has 25 heavy (non-hydrogen) atoms. The van der Waals surface area contributed by atoms with Crippen molar-refractivity contribution in [1.82, 2.24) is 24.6 Å². The largest absolute Gasteiger partial charge is 0.293 e. The van der Waals surface area contributed by atoms with Crippen molar-refractivity contribution >= 4 is 28.4 Å². The van der Waals surface area contributed by atoms with E-state index in [2.05, 4.69) is 20.2 Å². The molecular formula is C18H16N6O. The van der Waals surface area contributed by atoms with Gasteiger partial charge >= 0.3 is 0 Å². The summed E-state index contributed by atoms with van der Waals surface area (Å²) in [4.78, 5) is 23.4. The van der Waals surface area contributed by atoms with Crippen molar-refractivity contribution in [3.8, 4) is 0 Å². The molecule has 3 heterocycles. The highest BCUT2D eigenvalue weighted by atomic mass is 16.2. The van der Waals surface area contributed by atoms with Gasteiger partial charge in [-0.1, -0.05) is 6.07 Å². The van der Waals surface area contributed by atoms with Crippen LogP contribution in [0.5, 0.6) is 0 Å². The lowest BCUT2D eigenvalue weighted by Crippen LogP contribution is -2.31. The summed E-state index contributed by atoms with van der Waals surface area (Å²) in [5.41, 5.74) is 3.65. The number of carbonyl (C=O) groups excluding carboxylic acids is 1. The van der Waals surface area contributed by atoms with Crippen molar-refractivity contribution in [1.29, 1.82) is 0 Å². The second kappa shape index (κ2) is 5.94. The lowest BCUT2D eigenvalue weighted by Gasteiger charge is -2.20. The number of aromatic nitrogens is 5. The standard InChI is InChI=1S/C18H16N6O/c1-3-23(16-6-4-5-9-19-16)18(25)13-7-8-14-15(10-13)24-11-20-22-17(24)12(2)21-14/h4-11H,3H2,1-2H3. The van der Waals surface area contributed by atoms with Crippen LogP contribution in [0.2, 0.25) is 0 Å². The maximum absolute atomic E-state index is 13.0. The predicted molar refractivity (Wildman–Crippen MR) is 94.6 cm³/mol. The Balaban J connectivity index is 1.83. The van der Waals surface area contributed by atoms with Crippen LogP contribution in [0.1, 0.15) is 23.0 Å². The van der Waals surface area contributed by atoms with E-state index in [-0.39, 0.29) is 5.91 Å². The summed E-state index contributed by atoms with van der Waals surface area (Å²) >= 11 is 0. The van der Waals surface area contributed by atoms with Gasteiger partial charge in [-0.15, -0.1) is 10.2 Å². The molecule has 0 saturated heterocycles. The zero-order valence-corrected chi connectivity index (χ0v) is 13.9. The molecule has 0 N–H and O–H groups in total. The smallest absolute Gasteiger partial charge is 0.259 e. The topological polar surface area (TPSA) is 76.3 Å². The molecule has 0 aliphatic rings. The van der Waals surface area contributed by atoms with Gasteiger partial charge in [-0.25, -0.2) is 9.97 Å². The van der Waals surface area contributed by atoms with E-state index in [0.717, 1.165) is 16.7 Å². The third-order valence-electron chi connectivity index (χ3n) is 4.13. The summed E-state index contributed by atoms with van der Waals surface area (Å²) in [6.07, 6.45) is 3.32. The van der Waals surface area contributed by atoms with Crippen molar-refractivity contribution in [2.75, 3.05) is 11.4 Å². The number of amides is 1. The molecule has 0 saturated carbocycles. The maximum atomic E-state index is 13.0. The van der Waals surface area contributed by atoms with E-state index in [9.17, 15) is 4.79 Å². The van der Waals surface area contributed by atoms with Crippen molar-refractivity contribution in [2.24, 2.45) is 0 Å². The average Bonchev–Trinajstić information content (AvgIpc) is 3.14. The summed E-state index contributed by atoms with van der Waals surface area (Å²) in [5, 5.41) is 8.04. The van der Waals surface area contributed by atoms with Crippen LogP contribution < -0.4 is 4.90 Å². The van der Waals surface area contributed by atoms with E-state index in [0.29, 0.717) is 23.6 Å². The zero-order chi connectivity index (χ0) is 17.4. The minimum absolute atomic E-state index is 0.107. The molecule has 124 valence electrons. The van der Waals surface area contributed by atoms with Gasteiger partial charge in [-0.3, -0.25) is 14.1 Å². The number of fused-ring (bicyclic) bond motifs is 3. The SMILES string of the molecule is CCN(C(=O)c1ccc2nc(C)c3nncn3c2c1)c1ccccn1. The molecular weight excluding hydrogens is 316 g/mol. The predicted octanol–water partition coefficient (Wildman–Crippen LogP) is 2.65. The van der Waals surface area contributed by atoms with Gasteiger partial charge in [0.1, 0.15) is 12.1 Å². The van der Waals surface area contributed by atoms with Gasteiger partial charge in [-0.05, 0) is 44.2 Å². The molecule has 0 fully saturated rings. The first-order chi connectivity index (χ1) is 12.2. The second-order valence-corrected chi connectivity index (χ2v) is 5.66. The number of hydrogen-bond donors (Lipinski definition) is 0. The Hall–Kier alpha value is -3.35. The average molecular weight is 332 g/mol. The Kier molecular flexibility index (Phi) is 3.61. The van der Waals surface area contributed by atoms with E-state index in [1.165, 1.54) is 0 Å². The second-order valence-electron chi connectivity index (χ2n) is 5.66. The quantitative estimate of drug-likeness (QED) is 0.576. The molecule has 4 rings (SSSR count). The molecule has 7 nitrogen and oxygen atoms in total. The Bertz CT molecular complexity index is 1070. The fourth-order valence-corrected chi connectivity index (χ4v) is 2.91. The molecule has 7 heteroatoms. The molecule has 0 aliphatic heterocycles. The summed E-state index contributed by atoms with van der Waals surface area (Å²) < 4.78 is 1.85. The molecule has 0 spiro atoms. The van der Waals surface area contributed by atoms with Crippen LogP contribution in [0.25, 0.3) is 16.7 Å². The number of hydrogen-bond acceptors (Lipinski definition) is 5. The van der Waals surface area contributed by atoms with Crippen LogP contribution in [0.3, 0.4) is 0 Å². The van der Waals surface area contributed by atoms with Gasteiger partial charge in [0.25, 0.3) is 5.91 Å². The summed E-state index contributed by atoms with van der Waals surface area (Å²) in [7, 11) is 0. The highest BCUT2D eigenvalue weighted by Crippen LogP contribution is 2.20. The fourth-order valence-electron chi connectivity index (χ4n) is 2.91. The van der Waals surface area contributed by atoms with Crippen LogP contribution in [0, 0.1) is 6.92 Å². The Morgan fingerprint density at radius 3 is 2.88 bits per heavy atom. The van der Waals surface area contributed by atoms with Crippen molar-refractivity contribution in [2.45, 2.75) is 13.8 Å². The number of nitrogens with zero attached hydrogens (tertiary/aromatic N) is 6. The number of benzene rings is 1. The molecule has 0 bridgehead atoms. The van der Waals surface area contributed by atoms with E-state index in [1.807, 2.05) is 48.6 Å². The van der Waals surface area contributed by atoms with Crippen LogP contribution in [-0.2, 0) is 0 Å². The third kappa shape index (κ3) is 2.50. The van der Waals surface area contributed by atoms with Gasteiger partial charge in [0, 0.05) is 18.3 Å². The number of rotatable bonds is 3. The van der Waals surface area contributed by atoms with E-state index < -0.39 is 0 Å². The molecule has 4 aromatic rings. The minimum atomic E-state index is -0.107. The first-order valence-electron chi connectivity index (χ1n) is 8.02. The van der Waals surface area contributed by atoms with E-state index in [1.54, 1.807) is 23.5 Å². The summed E-state index contributed by atoms with van der Waals surface area (Å²) in [6, 6.07) is 11.0. The molecule has 0 radical (unpaired) electrons. The van der Waals surface area contributed by atoms with Gasteiger partial charge in [0.15, 0.2) is 5.65 Å². The number of anilines is 1. The molecule has 0 aliphatic carbocycles. The normalized spacial score (nSPS) is 11.1. The monoisotopic (exact) mass is 332 g/mol. The summed E-state index contributed by atoms with van der Waals surface area (Å²) in [5.74, 6) is 0.525. The maximum Gasteiger partial charge on any atom is 0.259 e. The van der Waals surface area contributed by atoms with Crippen molar-refractivity contribution < 1.29 is 4.79 Å². The fraction of sp³-hybridized carbons (Fsp3) is 0.167. The van der Waals surface area contributed by atoms with Gasteiger partial charge in [0.2, 0.25) is 0 Å². The van der Waals surface area contributed by atoms with Crippen molar-refractivity contribution in [3.05, 3.63) is 60.2 Å².